The zero-order valence-corrected chi connectivity index (χ0v) is 14.1. The van der Waals surface area contributed by atoms with Crippen LogP contribution >= 0.6 is 15.9 Å². The van der Waals surface area contributed by atoms with Gasteiger partial charge in [-0.15, -0.1) is 0 Å². The van der Waals surface area contributed by atoms with Crippen molar-refractivity contribution >= 4 is 37.3 Å². The minimum atomic E-state index is -3.71. The molecule has 0 aliphatic carbocycles. The van der Waals surface area contributed by atoms with Gasteiger partial charge < -0.3 is 5.32 Å². The van der Waals surface area contributed by atoms with Gasteiger partial charge in [0.05, 0.1) is 11.4 Å². The van der Waals surface area contributed by atoms with E-state index >= 15 is 0 Å². The lowest BCUT2D eigenvalue weighted by Gasteiger charge is -2.13. The molecule has 0 aliphatic rings. The second-order valence-corrected chi connectivity index (χ2v) is 7.00. The van der Waals surface area contributed by atoms with Crippen molar-refractivity contribution in [3.63, 3.8) is 0 Å². The topological polar surface area (TPSA) is 71.1 Å². The summed E-state index contributed by atoms with van der Waals surface area (Å²) in [6.45, 7) is 4.43. The van der Waals surface area contributed by atoms with Crippen LogP contribution in [0.3, 0.4) is 0 Å². The molecule has 2 N–H and O–H groups in total. The molecule has 0 fully saturated rings. The maximum atomic E-state index is 12.5. The zero-order valence-electron chi connectivity index (χ0n) is 11.7. The van der Waals surface area contributed by atoms with Crippen LogP contribution in [0.5, 0.6) is 0 Å². The van der Waals surface area contributed by atoms with Crippen LogP contribution in [-0.4, -0.2) is 19.9 Å². The number of sulfonamides is 1. The lowest BCUT2D eigenvalue weighted by atomic mass is 10.2. The maximum Gasteiger partial charge on any atom is 0.265 e. The molecule has 0 amide bonds. The van der Waals surface area contributed by atoms with Crippen molar-refractivity contribution in [3.8, 4) is 0 Å². The van der Waals surface area contributed by atoms with Crippen LogP contribution in [0.2, 0.25) is 0 Å². The molecule has 21 heavy (non-hydrogen) atoms. The summed E-state index contributed by atoms with van der Waals surface area (Å²) < 4.78 is 28.4. The molecule has 0 bridgehead atoms. The molecule has 112 valence electrons. The van der Waals surface area contributed by atoms with Crippen LogP contribution < -0.4 is 10.0 Å². The fourth-order valence-corrected chi connectivity index (χ4v) is 3.52. The van der Waals surface area contributed by atoms with Gasteiger partial charge in [-0.05, 0) is 53.5 Å². The smallest absolute Gasteiger partial charge is 0.265 e. The Morgan fingerprint density at radius 3 is 2.71 bits per heavy atom. The number of halogens is 1. The van der Waals surface area contributed by atoms with Gasteiger partial charge in [-0.2, -0.15) is 0 Å². The third kappa shape index (κ3) is 3.74. The number of hydrogen-bond donors (Lipinski definition) is 2. The fourth-order valence-electron chi connectivity index (χ4n) is 1.85. The van der Waals surface area contributed by atoms with Crippen molar-refractivity contribution in [2.45, 2.75) is 18.7 Å². The number of aromatic nitrogens is 1. The summed E-state index contributed by atoms with van der Waals surface area (Å²) in [5.74, 6) is 0. The summed E-state index contributed by atoms with van der Waals surface area (Å²) in [7, 11) is -3.71. The van der Waals surface area contributed by atoms with Crippen molar-refractivity contribution in [1.29, 1.82) is 0 Å². The predicted molar refractivity (Wildman–Crippen MR) is 88.1 cm³/mol. The fraction of sp³-hybridized carbons (Fsp3) is 0.214. The Kier molecular flexibility index (Phi) is 4.84. The predicted octanol–water partition coefficient (Wildman–Crippen LogP) is 3.39. The summed E-state index contributed by atoms with van der Waals surface area (Å²) in [5.41, 5.74) is 2.00. The number of benzene rings is 1. The minimum absolute atomic E-state index is 0.125. The van der Waals surface area contributed by atoms with E-state index in [1.54, 1.807) is 18.3 Å². The van der Waals surface area contributed by atoms with Crippen LogP contribution in [0.15, 0.2) is 46.0 Å². The Bertz CT molecular complexity index is 748. The monoisotopic (exact) mass is 369 g/mol. The Labute approximate surface area is 133 Å². The molecule has 0 unspecified atom stereocenters. The normalized spacial score (nSPS) is 11.2. The van der Waals surface area contributed by atoms with Gasteiger partial charge in [0.25, 0.3) is 10.0 Å². The van der Waals surface area contributed by atoms with Gasteiger partial charge in [0.1, 0.15) is 4.90 Å². The number of rotatable bonds is 5. The Balaban J connectivity index is 2.41. The van der Waals surface area contributed by atoms with Crippen molar-refractivity contribution in [2.75, 3.05) is 16.6 Å². The molecule has 7 heteroatoms. The van der Waals surface area contributed by atoms with Crippen molar-refractivity contribution in [2.24, 2.45) is 0 Å². The van der Waals surface area contributed by atoms with E-state index in [1.807, 2.05) is 26.0 Å². The van der Waals surface area contributed by atoms with Crippen LogP contribution in [0, 0.1) is 6.92 Å². The molecule has 2 rings (SSSR count). The lowest BCUT2D eigenvalue weighted by molar-refractivity contribution is 0.601. The van der Waals surface area contributed by atoms with Crippen LogP contribution in [-0.2, 0) is 10.0 Å². The highest BCUT2D eigenvalue weighted by molar-refractivity contribution is 9.10. The van der Waals surface area contributed by atoms with E-state index in [0.29, 0.717) is 22.4 Å². The molecule has 2 aromatic rings. The highest BCUT2D eigenvalue weighted by Gasteiger charge is 2.19. The Morgan fingerprint density at radius 2 is 2.00 bits per heavy atom. The molecule has 0 spiro atoms. The first kappa shape index (κ1) is 15.8. The summed E-state index contributed by atoms with van der Waals surface area (Å²) in [6.07, 6.45) is 2.89. The average molecular weight is 370 g/mol. The lowest BCUT2D eigenvalue weighted by Crippen LogP contribution is -2.16. The van der Waals surface area contributed by atoms with Crippen LogP contribution in [0.4, 0.5) is 11.4 Å². The van der Waals surface area contributed by atoms with E-state index in [-0.39, 0.29) is 4.90 Å². The first-order valence-corrected chi connectivity index (χ1v) is 8.68. The molecule has 1 aromatic heterocycles. The third-order valence-electron chi connectivity index (χ3n) is 2.81. The summed E-state index contributed by atoms with van der Waals surface area (Å²) in [6, 6.07) is 7.12. The molecule has 0 saturated carbocycles. The Hall–Kier alpha value is -1.60. The summed E-state index contributed by atoms with van der Waals surface area (Å²) in [4.78, 5) is 4.03. The largest absolute Gasteiger partial charge is 0.384 e. The number of nitrogens with zero attached hydrogens (tertiary/aromatic N) is 1. The highest BCUT2D eigenvalue weighted by Crippen LogP contribution is 2.28. The number of aryl methyl sites for hydroxylation is 1. The molecule has 0 atom stereocenters. The average Bonchev–Trinajstić information content (AvgIpc) is 2.43. The van der Waals surface area contributed by atoms with E-state index in [9.17, 15) is 8.42 Å². The van der Waals surface area contributed by atoms with Crippen molar-refractivity contribution in [3.05, 3.63) is 46.7 Å². The van der Waals surface area contributed by atoms with Crippen molar-refractivity contribution in [1.82, 2.24) is 4.98 Å². The van der Waals surface area contributed by atoms with Crippen molar-refractivity contribution < 1.29 is 8.42 Å². The number of anilines is 2. The zero-order chi connectivity index (χ0) is 15.5. The molecule has 1 heterocycles. The van der Waals surface area contributed by atoms with Crippen LogP contribution in [0.25, 0.3) is 0 Å². The summed E-state index contributed by atoms with van der Waals surface area (Å²) in [5, 5.41) is 3.02. The van der Waals surface area contributed by atoms with E-state index in [2.05, 4.69) is 31.0 Å². The van der Waals surface area contributed by atoms with E-state index < -0.39 is 10.0 Å². The number of pyridine rings is 1. The van der Waals surface area contributed by atoms with E-state index in [1.165, 1.54) is 6.20 Å². The second-order valence-electron chi connectivity index (χ2n) is 4.49. The van der Waals surface area contributed by atoms with Gasteiger partial charge in [-0.1, -0.05) is 6.07 Å². The molecule has 0 radical (unpaired) electrons. The Morgan fingerprint density at radius 1 is 1.24 bits per heavy atom. The maximum absolute atomic E-state index is 12.5. The SMILES string of the molecule is CCNc1ccncc1S(=O)(=O)Nc1cc(C)ccc1Br. The summed E-state index contributed by atoms with van der Waals surface area (Å²) >= 11 is 3.35. The van der Waals surface area contributed by atoms with E-state index in [4.69, 9.17) is 0 Å². The molecular weight excluding hydrogens is 354 g/mol. The van der Waals surface area contributed by atoms with Crippen LogP contribution in [0.1, 0.15) is 12.5 Å². The van der Waals surface area contributed by atoms with Gasteiger partial charge in [-0.3, -0.25) is 9.71 Å². The quantitative estimate of drug-likeness (QED) is 0.847. The van der Waals surface area contributed by atoms with E-state index in [0.717, 1.165) is 5.56 Å². The highest BCUT2D eigenvalue weighted by atomic mass is 79.9. The second kappa shape index (κ2) is 6.44. The standard InChI is InChI=1S/C14H16BrN3O2S/c1-3-17-12-6-7-16-9-14(12)21(19,20)18-13-8-10(2)4-5-11(13)15/h4-9,18H,3H2,1-2H3,(H,16,17). The first-order valence-electron chi connectivity index (χ1n) is 6.41. The molecule has 5 nitrogen and oxygen atoms in total. The van der Waals surface area contributed by atoms with Gasteiger partial charge in [0.15, 0.2) is 0 Å². The van der Waals surface area contributed by atoms with Gasteiger partial charge in [0, 0.05) is 23.4 Å². The first-order chi connectivity index (χ1) is 9.94. The molecule has 0 aliphatic heterocycles. The van der Waals surface area contributed by atoms with Gasteiger partial charge >= 0.3 is 0 Å². The minimum Gasteiger partial charge on any atom is -0.384 e. The number of hydrogen-bond acceptors (Lipinski definition) is 4. The molecule has 1 aromatic carbocycles. The number of nitrogens with one attached hydrogen (secondary N) is 2. The van der Waals surface area contributed by atoms with Gasteiger partial charge in [0.2, 0.25) is 0 Å². The van der Waals surface area contributed by atoms with Gasteiger partial charge in [-0.25, -0.2) is 8.42 Å². The molecular formula is C14H16BrN3O2S. The molecule has 0 saturated heterocycles. The third-order valence-corrected chi connectivity index (χ3v) is 4.89.